The Hall–Kier alpha value is -1.96. The number of nitrogens with one attached hydrogen (secondary N) is 2. The second kappa shape index (κ2) is 8.16. The number of hydrogen-bond acceptors (Lipinski definition) is 5. The first-order valence-electron chi connectivity index (χ1n) is 9.21. The van der Waals surface area contributed by atoms with E-state index < -0.39 is 21.8 Å². The summed E-state index contributed by atoms with van der Waals surface area (Å²) in [6.45, 7) is 0. The highest BCUT2D eigenvalue weighted by Crippen LogP contribution is 2.18. The lowest BCUT2D eigenvalue weighted by atomic mass is 10.1. The van der Waals surface area contributed by atoms with Gasteiger partial charge in [0.05, 0.1) is 11.5 Å². The maximum atomic E-state index is 12.5. The Morgan fingerprint density at radius 1 is 0.962 bits per heavy atom. The Morgan fingerprint density at radius 2 is 1.65 bits per heavy atom. The van der Waals surface area contributed by atoms with Gasteiger partial charge in [0.1, 0.15) is 5.69 Å². The van der Waals surface area contributed by atoms with E-state index in [9.17, 15) is 18.0 Å². The third-order valence-corrected chi connectivity index (χ3v) is 6.78. The molecule has 1 saturated carbocycles. The van der Waals surface area contributed by atoms with E-state index in [0.29, 0.717) is 12.0 Å². The second-order valence-electron chi connectivity index (χ2n) is 7.17. The smallest absolute Gasteiger partial charge is 0.270 e. The normalized spacial score (nSPS) is 23.2. The molecular formula is C18H25N3O4S. The fourth-order valence-corrected chi connectivity index (χ4v) is 5.23. The zero-order chi connectivity index (χ0) is 18.6. The predicted octanol–water partition coefficient (Wildman–Crippen LogP) is 1.45. The highest BCUT2D eigenvalue weighted by Gasteiger charge is 2.29. The van der Waals surface area contributed by atoms with Gasteiger partial charge in [-0.15, -0.1) is 0 Å². The SMILES string of the molecule is O=C(NC1CCCCCC1)c1ccnc(C(=O)NC2CCS(=O)(=O)C2)c1. The number of carbonyl (C=O) groups is 2. The van der Waals surface area contributed by atoms with Crippen LogP contribution in [0.2, 0.25) is 0 Å². The van der Waals surface area contributed by atoms with Gasteiger partial charge in [0, 0.05) is 23.8 Å². The molecule has 1 saturated heterocycles. The first-order valence-corrected chi connectivity index (χ1v) is 11.0. The number of rotatable bonds is 4. The van der Waals surface area contributed by atoms with Gasteiger partial charge in [-0.2, -0.15) is 0 Å². The molecule has 2 fully saturated rings. The standard InChI is InChI=1S/C18H25N3O4S/c22-17(20-14-5-3-1-2-4-6-14)13-7-9-19-16(11-13)18(23)21-15-8-10-26(24,25)12-15/h7,9,11,14-15H,1-6,8,10,12H2,(H,20,22)(H,21,23). The van der Waals surface area contributed by atoms with E-state index in [1.807, 2.05) is 0 Å². The zero-order valence-electron chi connectivity index (χ0n) is 14.7. The summed E-state index contributed by atoms with van der Waals surface area (Å²) in [7, 11) is -3.06. The molecule has 0 aromatic carbocycles. The number of nitrogens with zero attached hydrogens (tertiary/aromatic N) is 1. The lowest BCUT2D eigenvalue weighted by Crippen LogP contribution is -2.37. The Labute approximate surface area is 153 Å². The maximum Gasteiger partial charge on any atom is 0.270 e. The summed E-state index contributed by atoms with van der Waals surface area (Å²) in [6, 6.07) is 2.84. The van der Waals surface area contributed by atoms with E-state index >= 15 is 0 Å². The van der Waals surface area contributed by atoms with Crippen molar-refractivity contribution in [3.63, 3.8) is 0 Å². The molecule has 7 nitrogen and oxygen atoms in total. The largest absolute Gasteiger partial charge is 0.349 e. The third kappa shape index (κ3) is 5.03. The van der Waals surface area contributed by atoms with E-state index in [-0.39, 0.29) is 29.1 Å². The minimum absolute atomic E-state index is 0.0411. The van der Waals surface area contributed by atoms with Gasteiger partial charge in [0.2, 0.25) is 0 Å². The highest BCUT2D eigenvalue weighted by molar-refractivity contribution is 7.91. The van der Waals surface area contributed by atoms with Crippen LogP contribution < -0.4 is 10.6 Å². The summed E-state index contributed by atoms with van der Waals surface area (Å²) in [5.41, 5.74) is 0.524. The molecule has 26 heavy (non-hydrogen) atoms. The van der Waals surface area contributed by atoms with Crippen LogP contribution in [0.3, 0.4) is 0 Å². The van der Waals surface area contributed by atoms with Crippen molar-refractivity contribution < 1.29 is 18.0 Å². The van der Waals surface area contributed by atoms with E-state index in [1.165, 1.54) is 25.1 Å². The highest BCUT2D eigenvalue weighted by atomic mass is 32.2. The molecule has 1 aliphatic heterocycles. The summed E-state index contributed by atoms with van der Waals surface area (Å²) < 4.78 is 23.0. The molecule has 0 bridgehead atoms. The van der Waals surface area contributed by atoms with Crippen LogP contribution in [0.4, 0.5) is 0 Å². The summed E-state index contributed by atoms with van der Waals surface area (Å²) in [5.74, 6) is -0.594. The van der Waals surface area contributed by atoms with Crippen LogP contribution in [0.25, 0.3) is 0 Å². The van der Waals surface area contributed by atoms with Crippen molar-refractivity contribution in [1.29, 1.82) is 0 Å². The van der Waals surface area contributed by atoms with Crippen LogP contribution in [0.15, 0.2) is 18.3 Å². The fourth-order valence-electron chi connectivity index (χ4n) is 3.56. The van der Waals surface area contributed by atoms with Gasteiger partial charge in [-0.1, -0.05) is 25.7 Å². The quantitative estimate of drug-likeness (QED) is 0.771. The van der Waals surface area contributed by atoms with Crippen molar-refractivity contribution in [1.82, 2.24) is 15.6 Å². The van der Waals surface area contributed by atoms with Crippen LogP contribution >= 0.6 is 0 Å². The minimum atomic E-state index is -3.06. The van der Waals surface area contributed by atoms with E-state index in [1.54, 1.807) is 6.07 Å². The van der Waals surface area contributed by atoms with E-state index in [2.05, 4.69) is 15.6 Å². The van der Waals surface area contributed by atoms with Crippen molar-refractivity contribution in [3.8, 4) is 0 Å². The van der Waals surface area contributed by atoms with Gasteiger partial charge in [-0.3, -0.25) is 14.6 Å². The first kappa shape index (κ1) is 18.8. The molecule has 1 aromatic heterocycles. The molecule has 8 heteroatoms. The molecule has 2 aliphatic rings. The summed E-state index contributed by atoms with van der Waals surface area (Å²) >= 11 is 0. The molecule has 2 amide bonds. The molecule has 2 N–H and O–H groups in total. The molecule has 1 unspecified atom stereocenters. The van der Waals surface area contributed by atoms with Crippen LogP contribution in [-0.2, 0) is 9.84 Å². The van der Waals surface area contributed by atoms with Crippen LogP contribution in [0.5, 0.6) is 0 Å². The monoisotopic (exact) mass is 379 g/mol. The maximum absolute atomic E-state index is 12.5. The van der Waals surface area contributed by atoms with Crippen molar-refractivity contribution in [2.75, 3.05) is 11.5 Å². The molecular weight excluding hydrogens is 354 g/mol. The minimum Gasteiger partial charge on any atom is -0.349 e. The van der Waals surface area contributed by atoms with Crippen LogP contribution in [-0.4, -0.2) is 48.8 Å². The van der Waals surface area contributed by atoms with Gasteiger partial charge in [0.25, 0.3) is 11.8 Å². The Kier molecular flexibility index (Phi) is 5.90. The molecule has 1 aliphatic carbocycles. The van der Waals surface area contributed by atoms with Crippen molar-refractivity contribution in [2.45, 2.75) is 57.0 Å². The van der Waals surface area contributed by atoms with Crippen molar-refractivity contribution in [2.24, 2.45) is 0 Å². The van der Waals surface area contributed by atoms with Gasteiger partial charge >= 0.3 is 0 Å². The van der Waals surface area contributed by atoms with E-state index in [4.69, 9.17) is 0 Å². The lowest BCUT2D eigenvalue weighted by Gasteiger charge is -2.16. The number of carbonyl (C=O) groups excluding carboxylic acids is 2. The van der Waals surface area contributed by atoms with Crippen molar-refractivity contribution >= 4 is 21.7 Å². The van der Waals surface area contributed by atoms with Crippen LogP contribution in [0, 0.1) is 0 Å². The number of aromatic nitrogens is 1. The zero-order valence-corrected chi connectivity index (χ0v) is 15.6. The summed E-state index contributed by atoms with van der Waals surface area (Å²) in [4.78, 5) is 28.8. The second-order valence-corrected chi connectivity index (χ2v) is 9.39. The molecule has 3 rings (SSSR count). The third-order valence-electron chi connectivity index (χ3n) is 5.01. The Balaban J connectivity index is 1.61. The summed E-state index contributed by atoms with van der Waals surface area (Å²) in [5, 5.41) is 5.74. The van der Waals surface area contributed by atoms with E-state index in [0.717, 1.165) is 25.7 Å². The van der Waals surface area contributed by atoms with Crippen LogP contribution in [0.1, 0.15) is 65.8 Å². The molecule has 1 atom stereocenters. The number of pyridine rings is 1. The molecule has 142 valence electrons. The van der Waals surface area contributed by atoms with Gasteiger partial charge in [-0.05, 0) is 31.4 Å². The average molecular weight is 379 g/mol. The molecule has 0 radical (unpaired) electrons. The lowest BCUT2D eigenvalue weighted by molar-refractivity contribution is 0.0933. The summed E-state index contributed by atoms with van der Waals surface area (Å²) in [6.07, 6.45) is 8.49. The average Bonchev–Trinajstić information content (AvgIpc) is 2.80. The van der Waals surface area contributed by atoms with Gasteiger partial charge in [-0.25, -0.2) is 8.42 Å². The van der Waals surface area contributed by atoms with Gasteiger partial charge in [0.15, 0.2) is 9.84 Å². The molecule has 1 aromatic rings. The molecule has 2 heterocycles. The van der Waals surface area contributed by atoms with Crippen molar-refractivity contribution in [3.05, 3.63) is 29.6 Å². The number of hydrogen-bond donors (Lipinski definition) is 2. The Morgan fingerprint density at radius 3 is 2.31 bits per heavy atom. The number of amides is 2. The number of sulfone groups is 1. The first-order chi connectivity index (χ1) is 12.4. The molecule has 0 spiro atoms. The topological polar surface area (TPSA) is 105 Å². The Bertz CT molecular complexity index is 770. The fraction of sp³-hybridized carbons (Fsp3) is 0.611. The predicted molar refractivity (Wildman–Crippen MR) is 97.7 cm³/mol. The van der Waals surface area contributed by atoms with Gasteiger partial charge < -0.3 is 10.6 Å².